The summed E-state index contributed by atoms with van der Waals surface area (Å²) in [6.07, 6.45) is 2.86. The molecule has 4 rings (SSSR count). The lowest BCUT2D eigenvalue weighted by molar-refractivity contribution is 0.181. The summed E-state index contributed by atoms with van der Waals surface area (Å²) in [5, 5.41) is 5.49. The first-order valence-electron chi connectivity index (χ1n) is 8.23. The fourth-order valence-electron chi connectivity index (χ4n) is 3.07. The highest BCUT2D eigenvalue weighted by atomic mass is 35.5. The van der Waals surface area contributed by atoms with Crippen molar-refractivity contribution in [3.05, 3.63) is 63.8 Å². The Morgan fingerprint density at radius 2 is 2.04 bits per heavy atom. The van der Waals surface area contributed by atoms with Crippen molar-refractivity contribution in [3.8, 4) is 11.1 Å². The summed E-state index contributed by atoms with van der Waals surface area (Å²) in [4.78, 5) is 28.1. The number of carbonyl (C=O) groups is 1. The van der Waals surface area contributed by atoms with Gasteiger partial charge >= 0.3 is 6.03 Å². The normalized spacial score (nSPS) is 11.2. The van der Waals surface area contributed by atoms with E-state index in [1.165, 1.54) is 12.4 Å². The summed E-state index contributed by atoms with van der Waals surface area (Å²) in [5.74, 6) is 0. The molecule has 2 amide bonds. The Bertz CT molecular complexity index is 1260. The van der Waals surface area contributed by atoms with E-state index >= 15 is 0 Å². The van der Waals surface area contributed by atoms with Gasteiger partial charge in [0.05, 0.1) is 28.8 Å². The van der Waals surface area contributed by atoms with Gasteiger partial charge in [-0.15, -0.1) is 0 Å². The number of carbonyl (C=O) groups excluding carboxylic acids is 1. The Kier molecular flexibility index (Phi) is 4.46. The molecule has 0 aliphatic rings. The van der Waals surface area contributed by atoms with E-state index in [1.54, 1.807) is 29.8 Å². The number of pyridine rings is 1. The van der Waals surface area contributed by atoms with Crippen LogP contribution in [0.15, 0.2) is 47.5 Å². The summed E-state index contributed by atoms with van der Waals surface area (Å²) in [7, 11) is 1.58. The van der Waals surface area contributed by atoms with Crippen LogP contribution in [0.4, 0.5) is 4.79 Å². The second kappa shape index (κ2) is 6.95. The van der Waals surface area contributed by atoms with Gasteiger partial charge in [-0.1, -0.05) is 23.7 Å². The number of amides is 2. The minimum absolute atomic E-state index is 0.267. The van der Waals surface area contributed by atoms with Crippen LogP contribution >= 0.6 is 11.6 Å². The number of primary amides is 1. The highest BCUT2D eigenvalue weighted by molar-refractivity contribution is 6.30. The number of rotatable bonds is 4. The molecule has 0 fully saturated rings. The van der Waals surface area contributed by atoms with E-state index in [9.17, 15) is 9.59 Å². The number of fused-ring (bicyclic) bond motifs is 3. The van der Waals surface area contributed by atoms with Crippen molar-refractivity contribution in [3.63, 3.8) is 0 Å². The quantitative estimate of drug-likeness (QED) is 0.546. The lowest BCUT2D eigenvalue weighted by Crippen LogP contribution is -2.35. The van der Waals surface area contributed by atoms with Crippen LogP contribution < -0.4 is 16.7 Å². The van der Waals surface area contributed by atoms with Crippen molar-refractivity contribution in [2.45, 2.75) is 6.61 Å². The molecule has 0 saturated carbocycles. The molecule has 0 atom stereocenters. The zero-order valence-electron chi connectivity index (χ0n) is 14.7. The third-order valence-electron chi connectivity index (χ3n) is 4.23. The van der Waals surface area contributed by atoms with Crippen molar-refractivity contribution < 1.29 is 9.53 Å². The van der Waals surface area contributed by atoms with E-state index in [0.717, 1.165) is 15.8 Å². The zero-order valence-corrected chi connectivity index (χ0v) is 15.5. The fraction of sp³-hybridized carbons (Fsp3) is 0.111. The standard InChI is InChI=1S/C18H15ClN6O3/c1-28-9-13-15(10-2-4-11(19)5-3-10)16-21-8-12-14(25(16)22-13)6-7-24(17(12)26)23-18(20)27/h2-8H,9H2,1H3,(H3,20,23,27). The van der Waals surface area contributed by atoms with Crippen LogP contribution in [0.1, 0.15) is 5.69 Å². The van der Waals surface area contributed by atoms with Gasteiger partial charge in [0.25, 0.3) is 5.56 Å². The van der Waals surface area contributed by atoms with Crippen LogP contribution in [-0.2, 0) is 11.3 Å². The van der Waals surface area contributed by atoms with E-state index < -0.39 is 11.6 Å². The van der Waals surface area contributed by atoms with Gasteiger partial charge in [0.15, 0.2) is 5.65 Å². The van der Waals surface area contributed by atoms with Crippen LogP contribution in [0.3, 0.4) is 0 Å². The average molecular weight is 399 g/mol. The van der Waals surface area contributed by atoms with Crippen LogP contribution in [0.5, 0.6) is 0 Å². The topological polar surface area (TPSA) is 117 Å². The summed E-state index contributed by atoms with van der Waals surface area (Å²) in [6.45, 7) is 0.267. The number of hydrogen-bond acceptors (Lipinski definition) is 5. The number of benzene rings is 1. The molecule has 3 heterocycles. The molecule has 0 radical (unpaired) electrons. The maximum absolute atomic E-state index is 12.6. The Morgan fingerprint density at radius 1 is 1.29 bits per heavy atom. The fourth-order valence-corrected chi connectivity index (χ4v) is 3.20. The third kappa shape index (κ3) is 2.96. The highest BCUT2D eigenvalue weighted by Crippen LogP contribution is 2.30. The molecule has 4 aromatic rings. The van der Waals surface area contributed by atoms with Crippen molar-refractivity contribution in [1.29, 1.82) is 0 Å². The van der Waals surface area contributed by atoms with E-state index in [1.807, 2.05) is 12.1 Å². The molecule has 0 aliphatic heterocycles. The van der Waals surface area contributed by atoms with Gasteiger partial charge in [0.2, 0.25) is 0 Å². The second-order valence-corrected chi connectivity index (χ2v) is 6.46. The Morgan fingerprint density at radius 3 is 2.71 bits per heavy atom. The van der Waals surface area contributed by atoms with Gasteiger partial charge in [-0.25, -0.2) is 24.4 Å². The average Bonchev–Trinajstić information content (AvgIpc) is 3.03. The maximum Gasteiger partial charge on any atom is 0.331 e. The monoisotopic (exact) mass is 398 g/mol. The lowest BCUT2D eigenvalue weighted by Gasteiger charge is -2.07. The lowest BCUT2D eigenvalue weighted by atomic mass is 10.1. The van der Waals surface area contributed by atoms with E-state index in [2.05, 4.69) is 15.5 Å². The minimum Gasteiger partial charge on any atom is -0.378 e. The number of urea groups is 1. The first kappa shape index (κ1) is 18.0. The summed E-state index contributed by atoms with van der Waals surface area (Å²) in [5.41, 5.74) is 10.3. The summed E-state index contributed by atoms with van der Waals surface area (Å²) in [6, 6.07) is 8.12. The van der Waals surface area contributed by atoms with Gasteiger partial charge in [-0.3, -0.25) is 4.79 Å². The summed E-state index contributed by atoms with van der Waals surface area (Å²) < 4.78 is 7.87. The number of hydrogen-bond donors (Lipinski definition) is 2. The smallest absolute Gasteiger partial charge is 0.331 e. The molecule has 0 spiro atoms. The zero-order chi connectivity index (χ0) is 19.8. The molecule has 0 bridgehead atoms. The van der Waals surface area contributed by atoms with Crippen molar-refractivity contribution in [1.82, 2.24) is 19.3 Å². The summed E-state index contributed by atoms with van der Waals surface area (Å²) >= 11 is 6.00. The van der Waals surface area contributed by atoms with E-state index in [4.69, 9.17) is 22.1 Å². The van der Waals surface area contributed by atoms with Crippen molar-refractivity contribution >= 4 is 34.2 Å². The van der Waals surface area contributed by atoms with Gasteiger partial charge in [-0.05, 0) is 23.8 Å². The number of methoxy groups -OCH3 is 1. The number of nitrogens with one attached hydrogen (secondary N) is 1. The van der Waals surface area contributed by atoms with Crippen LogP contribution in [-0.4, -0.2) is 32.4 Å². The minimum atomic E-state index is -0.845. The number of nitrogens with two attached hydrogens (primary N) is 1. The maximum atomic E-state index is 12.6. The number of nitrogens with zero attached hydrogens (tertiary/aromatic N) is 4. The Hall–Kier alpha value is -3.43. The van der Waals surface area contributed by atoms with Crippen LogP contribution in [0.2, 0.25) is 5.02 Å². The molecule has 0 saturated heterocycles. The second-order valence-electron chi connectivity index (χ2n) is 6.02. The predicted octanol–water partition coefficient (Wildman–Crippen LogP) is 2.13. The van der Waals surface area contributed by atoms with Gasteiger partial charge in [0, 0.05) is 24.5 Å². The van der Waals surface area contributed by atoms with E-state index in [-0.39, 0.29) is 12.0 Å². The molecule has 0 unspecified atom stereocenters. The predicted molar refractivity (Wildman–Crippen MR) is 105 cm³/mol. The molecule has 1 aromatic carbocycles. The van der Waals surface area contributed by atoms with E-state index in [0.29, 0.717) is 21.9 Å². The molecule has 3 N–H and O–H groups in total. The molecule has 28 heavy (non-hydrogen) atoms. The Labute approximate surface area is 163 Å². The molecule has 0 aliphatic carbocycles. The molecular formula is C18H15ClN6O3. The first-order valence-corrected chi connectivity index (χ1v) is 8.60. The molecule has 142 valence electrons. The Balaban J connectivity index is 2.00. The molecule has 10 heteroatoms. The van der Waals surface area contributed by atoms with Gasteiger partial charge in [-0.2, -0.15) is 5.10 Å². The molecule has 3 aromatic heterocycles. The van der Waals surface area contributed by atoms with Crippen molar-refractivity contribution in [2.75, 3.05) is 12.5 Å². The van der Waals surface area contributed by atoms with Crippen LogP contribution in [0.25, 0.3) is 27.7 Å². The molecule has 9 nitrogen and oxygen atoms in total. The van der Waals surface area contributed by atoms with Gasteiger partial charge < -0.3 is 10.5 Å². The van der Waals surface area contributed by atoms with Crippen LogP contribution in [0, 0.1) is 0 Å². The highest BCUT2D eigenvalue weighted by Gasteiger charge is 2.18. The SMILES string of the molecule is COCc1nn2c(ncc3c(=O)n(NC(N)=O)ccc32)c1-c1ccc(Cl)cc1. The number of ether oxygens (including phenoxy) is 1. The third-order valence-corrected chi connectivity index (χ3v) is 4.48. The van der Waals surface area contributed by atoms with Gasteiger partial charge in [0.1, 0.15) is 0 Å². The number of halogens is 1. The first-order chi connectivity index (χ1) is 13.5. The number of aromatic nitrogens is 4. The van der Waals surface area contributed by atoms with Crippen molar-refractivity contribution in [2.24, 2.45) is 5.73 Å². The molecular weight excluding hydrogens is 384 g/mol. The largest absolute Gasteiger partial charge is 0.378 e.